The molecule has 0 aliphatic rings. The van der Waals surface area contributed by atoms with Crippen LogP contribution in [0.2, 0.25) is 5.02 Å². The van der Waals surface area contributed by atoms with Gasteiger partial charge in [0.25, 0.3) is 5.69 Å². The summed E-state index contributed by atoms with van der Waals surface area (Å²) in [6, 6.07) is 4.12. The third-order valence-electron chi connectivity index (χ3n) is 3.08. The molecule has 0 radical (unpaired) electrons. The van der Waals surface area contributed by atoms with E-state index >= 15 is 0 Å². The Hall–Kier alpha value is -2.21. The van der Waals surface area contributed by atoms with Crippen LogP contribution in [0.4, 0.5) is 5.69 Å². The van der Waals surface area contributed by atoms with Gasteiger partial charge in [-0.3, -0.25) is 19.6 Å². The molecule has 1 aromatic heterocycles. The summed E-state index contributed by atoms with van der Waals surface area (Å²) in [6.07, 6.45) is 4.34. The molecule has 21 heavy (non-hydrogen) atoms. The van der Waals surface area contributed by atoms with Crippen molar-refractivity contribution in [2.75, 3.05) is 0 Å². The predicted molar refractivity (Wildman–Crippen MR) is 79.6 cm³/mol. The van der Waals surface area contributed by atoms with Gasteiger partial charge in [-0.25, -0.2) is 0 Å². The summed E-state index contributed by atoms with van der Waals surface area (Å²) in [5.41, 5.74) is 1.28. The van der Waals surface area contributed by atoms with Gasteiger partial charge in [-0.15, -0.1) is 0 Å². The zero-order valence-corrected chi connectivity index (χ0v) is 12.2. The lowest BCUT2D eigenvalue weighted by Crippen LogP contribution is -1.98. The average Bonchev–Trinajstić information content (AvgIpc) is 2.87. The topological polar surface area (TPSA) is 78.0 Å². The molecule has 0 unspecified atom stereocenters. The van der Waals surface area contributed by atoms with Crippen LogP contribution in [0, 0.1) is 10.1 Å². The zero-order valence-electron chi connectivity index (χ0n) is 11.5. The number of hydrogen-bond acceptors (Lipinski definition) is 4. The smallest absolute Gasteiger partial charge is 0.270 e. The Morgan fingerprint density at radius 1 is 1.48 bits per heavy atom. The van der Waals surface area contributed by atoms with E-state index in [1.807, 2.05) is 0 Å². The Labute approximate surface area is 126 Å². The van der Waals surface area contributed by atoms with Gasteiger partial charge < -0.3 is 0 Å². The van der Waals surface area contributed by atoms with Crippen LogP contribution in [0.5, 0.6) is 0 Å². The van der Waals surface area contributed by atoms with E-state index in [-0.39, 0.29) is 10.7 Å². The number of carbonyl (C=O) groups excluding carboxylic acids is 1. The highest BCUT2D eigenvalue weighted by atomic mass is 35.5. The standard InChI is InChI=1S/C14H14ClN3O3/c1-2-3-6-17-8-10(9-19)14(16-17)12-5-4-11(18(20)21)7-13(12)15/h4-5,7-9H,2-3,6H2,1H3. The van der Waals surface area contributed by atoms with Crippen molar-refractivity contribution in [3.63, 3.8) is 0 Å². The number of nitrogens with zero attached hydrogens (tertiary/aromatic N) is 3. The van der Waals surface area contributed by atoms with Crippen LogP contribution >= 0.6 is 11.6 Å². The third-order valence-corrected chi connectivity index (χ3v) is 3.39. The van der Waals surface area contributed by atoms with E-state index in [1.54, 1.807) is 10.9 Å². The van der Waals surface area contributed by atoms with Crippen molar-refractivity contribution in [2.24, 2.45) is 0 Å². The van der Waals surface area contributed by atoms with Gasteiger partial charge in [0.1, 0.15) is 5.69 Å². The minimum absolute atomic E-state index is 0.0955. The molecule has 1 aromatic carbocycles. The molecule has 6 nitrogen and oxygen atoms in total. The number of hydrogen-bond donors (Lipinski definition) is 0. The Morgan fingerprint density at radius 3 is 2.81 bits per heavy atom. The molecule has 2 aromatic rings. The number of non-ortho nitro benzene ring substituents is 1. The molecule has 1 heterocycles. The molecular formula is C14H14ClN3O3. The van der Waals surface area contributed by atoms with Gasteiger partial charge in [0, 0.05) is 30.4 Å². The number of aldehydes is 1. The quantitative estimate of drug-likeness (QED) is 0.463. The molecule has 7 heteroatoms. The molecule has 2 rings (SSSR count). The van der Waals surface area contributed by atoms with Gasteiger partial charge >= 0.3 is 0 Å². The Kier molecular flexibility index (Phi) is 4.70. The van der Waals surface area contributed by atoms with Crippen LogP contribution in [0.15, 0.2) is 24.4 Å². The first kappa shape index (κ1) is 15.2. The zero-order chi connectivity index (χ0) is 15.4. The number of aryl methyl sites for hydroxylation is 1. The van der Waals surface area contributed by atoms with E-state index < -0.39 is 4.92 Å². The molecule has 0 spiro atoms. The fraction of sp³-hybridized carbons (Fsp3) is 0.286. The van der Waals surface area contributed by atoms with E-state index in [0.29, 0.717) is 29.7 Å². The maximum Gasteiger partial charge on any atom is 0.270 e. The van der Waals surface area contributed by atoms with E-state index in [2.05, 4.69) is 12.0 Å². The second-order valence-corrected chi connectivity index (χ2v) is 5.00. The van der Waals surface area contributed by atoms with Gasteiger partial charge in [-0.2, -0.15) is 5.10 Å². The summed E-state index contributed by atoms with van der Waals surface area (Å²) in [6.45, 7) is 2.78. The number of nitro groups is 1. The van der Waals surface area contributed by atoms with Crippen LogP contribution in [0.1, 0.15) is 30.1 Å². The number of nitro benzene ring substituents is 1. The SMILES string of the molecule is CCCCn1cc(C=O)c(-c2ccc([N+](=O)[O-])cc2Cl)n1. The van der Waals surface area contributed by atoms with Crippen LogP contribution < -0.4 is 0 Å². The molecule has 110 valence electrons. The maximum atomic E-state index is 11.2. The largest absolute Gasteiger partial charge is 0.298 e. The summed E-state index contributed by atoms with van der Waals surface area (Å²) in [5.74, 6) is 0. The van der Waals surface area contributed by atoms with E-state index in [1.165, 1.54) is 18.2 Å². The van der Waals surface area contributed by atoms with Gasteiger partial charge in [0.2, 0.25) is 0 Å². The van der Waals surface area contributed by atoms with E-state index in [4.69, 9.17) is 11.6 Å². The first-order valence-corrected chi connectivity index (χ1v) is 6.91. The Bertz CT molecular complexity index is 682. The highest BCUT2D eigenvalue weighted by Gasteiger charge is 2.16. The fourth-order valence-electron chi connectivity index (χ4n) is 1.98. The van der Waals surface area contributed by atoms with Crippen molar-refractivity contribution >= 4 is 23.6 Å². The number of aromatic nitrogens is 2. The van der Waals surface area contributed by atoms with Crippen molar-refractivity contribution < 1.29 is 9.72 Å². The van der Waals surface area contributed by atoms with E-state index in [0.717, 1.165) is 12.8 Å². The molecule has 0 N–H and O–H groups in total. The minimum Gasteiger partial charge on any atom is -0.298 e. The van der Waals surface area contributed by atoms with Crippen LogP contribution in [0.25, 0.3) is 11.3 Å². The number of unbranched alkanes of at least 4 members (excludes halogenated alkanes) is 1. The molecule has 0 bridgehead atoms. The summed E-state index contributed by atoms with van der Waals surface area (Å²) in [5, 5.41) is 15.3. The molecule has 0 saturated carbocycles. The fourth-order valence-corrected chi connectivity index (χ4v) is 2.24. The highest BCUT2D eigenvalue weighted by molar-refractivity contribution is 6.33. The normalized spacial score (nSPS) is 10.6. The van der Waals surface area contributed by atoms with E-state index in [9.17, 15) is 14.9 Å². The second-order valence-electron chi connectivity index (χ2n) is 4.59. The predicted octanol–water partition coefficient (Wildman–Crippen LogP) is 3.72. The summed E-state index contributed by atoms with van der Waals surface area (Å²) in [4.78, 5) is 21.4. The summed E-state index contributed by atoms with van der Waals surface area (Å²) >= 11 is 6.08. The van der Waals surface area contributed by atoms with Crippen LogP contribution in [0.3, 0.4) is 0 Å². The minimum atomic E-state index is -0.518. The summed E-state index contributed by atoms with van der Waals surface area (Å²) in [7, 11) is 0. The highest BCUT2D eigenvalue weighted by Crippen LogP contribution is 2.31. The molecule has 0 fully saturated rings. The average molecular weight is 308 g/mol. The van der Waals surface area contributed by atoms with Crippen molar-refractivity contribution in [3.8, 4) is 11.3 Å². The maximum absolute atomic E-state index is 11.2. The number of carbonyl (C=O) groups is 1. The van der Waals surface area contributed by atoms with Gasteiger partial charge in [0.05, 0.1) is 15.5 Å². The van der Waals surface area contributed by atoms with Gasteiger partial charge in [0.15, 0.2) is 6.29 Å². The number of rotatable bonds is 6. The monoisotopic (exact) mass is 307 g/mol. The number of halogens is 1. The van der Waals surface area contributed by atoms with Crippen LogP contribution in [-0.4, -0.2) is 21.0 Å². The molecule has 0 amide bonds. The van der Waals surface area contributed by atoms with Gasteiger partial charge in [-0.1, -0.05) is 24.9 Å². The lowest BCUT2D eigenvalue weighted by Gasteiger charge is -2.02. The molecule has 0 aliphatic carbocycles. The summed E-state index contributed by atoms with van der Waals surface area (Å²) < 4.78 is 1.69. The Morgan fingerprint density at radius 2 is 2.24 bits per heavy atom. The lowest BCUT2D eigenvalue weighted by molar-refractivity contribution is -0.384. The van der Waals surface area contributed by atoms with Crippen molar-refractivity contribution in [1.82, 2.24) is 9.78 Å². The van der Waals surface area contributed by atoms with Crippen LogP contribution in [-0.2, 0) is 6.54 Å². The molecule has 0 atom stereocenters. The molecule has 0 saturated heterocycles. The molecular weight excluding hydrogens is 294 g/mol. The van der Waals surface area contributed by atoms with Gasteiger partial charge in [-0.05, 0) is 12.5 Å². The van der Waals surface area contributed by atoms with Crippen molar-refractivity contribution in [2.45, 2.75) is 26.3 Å². The Balaban J connectivity index is 2.43. The third kappa shape index (κ3) is 3.28. The first-order valence-electron chi connectivity index (χ1n) is 6.53. The van der Waals surface area contributed by atoms with Crippen molar-refractivity contribution in [1.29, 1.82) is 0 Å². The van der Waals surface area contributed by atoms with Crippen molar-refractivity contribution in [3.05, 3.63) is 45.1 Å². The molecule has 0 aliphatic heterocycles. The number of benzene rings is 1. The first-order chi connectivity index (χ1) is 10.1. The lowest BCUT2D eigenvalue weighted by atomic mass is 10.1. The second kappa shape index (κ2) is 6.49.